The summed E-state index contributed by atoms with van der Waals surface area (Å²) >= 11 is 0. The Balaban J connectivity index is 0.00000162. The van der Waals surface area contributed by atoms with Crippen LogP contribution in [0.3, 0.4) is 0 Å². The maximum Gasteiger partial charge on any atom is 1.00 e. The second-order valence-electron chi connectivity index (χ2n) is 1.56. The van der Waals surface area contributed by atoms with E-state index in [9.17, 15) is 9.46 Å². The maximum absolute atomic E-state index is 11.7. The second-order valence-corrected chi connectivity index (χ2v) is 3.34. The normalized spacial score (nSPS) is 57.7. The van der Waals surface area contributed by atoms with Crippen LogP contribution in [0.15, 0.2) is 0 Å². The SMILES string of the molecule is [2H]C1([2H])N(P(=O)([O-])N2C([2H])([2H])C2([2H])[2H])C1([2H])[2H].[Na+]. The van der Waals surface area contributed by atoms with Crippen LogP contribution < -0.4 is 34.5 Å². The van der Waals surface area contributed by atoms with Gasteiger partial charge in [-0.25, -0.2) is 9.34 Å². The largest absolute Gasteiger partial charge is 1.00 e. The van der Waals surface area contributed by atoms with Gasteiger partial charge in [0, 0.05) is 37.0 Å². The topological polar surface area (TPSA) is 46.1 Å². The molecule has 2 saturated heterocycles. The number of nitrogens with zero attached hydrogens (tertiary/aromatic N) is 2. The first-order valence-electron chi connectivity index (χ1n) is 6.16. The molecule has 0 spiro atoms. The van der Waals surface area contributed by atoms with E-state index in [0.29, 0.717) is 0 Å². The van der Waals surface area contributed by atoms with Crippen molar-refractivity contribution in [3.63, 3.8) is 0 Å². The molecule has 0 bridgehead atoms. The Morgan fingerprint density at radius 3 is 1.80 bits per heavy atom. The fourth-order valence-electron chi connectivity index (χ4n) is 0.387. The van der Waals surface area contributed by atoms with E-state index in [1.807, 2.05) is 0 Å². The Morgan fingerprint density at radius 2 is 1.60 bits per heavy atom. The minimum atomic E-state index is -5.18. The van der Waals surface area contributed by atoms with E-state index in [4.69, 9.17) is 11.0 Å². The first kappa shape index (κ1) is 3.11. The molecular formula is C4H8N2NaO2P. The van der Waals surface area contributed by atoms with Crippen LogP contribution in [0.4, 0.5) is 0 Å². The van der Waals surface area contributed by atoms with E-state index in [-0.39, 0.29) is 38.9 Å². The van der Waals surface area contributed by atoms with Gasteiger partial charge in [0.05, 0.1) is 0 Å². The molecular weight excluding hydrogens is 162 g/mol. The monoisotopic (exact) mass is 178 g/mol. The number of rotatable bonds is 2. The number of hydrogen-bond acceptors (Lipinski definition) is 2. The van der Waals surface area contributed by atoms with Gasteiger partial charge >= 0.3 is 29.6 Å². The second kappa shape index (κ2) is 2.87. The molecule has 0 aromatic heterocycles. The van der Waals surface area contributed by atoms with Crippen LogP contribution >= 0.6 is 7.67 Å². The maximum atomic E-state index is 11.7. The van der Waals surface area contributed by atoms with E-state index < -0.39 is 33.7 Å². The Labute approximate surface area is 93.3 Å². The summed E-state index contributed by atoms with van der Waals surface area (Å²) in [5, 5.41) is 0. The molecule has 10 heavy (non-hydrogen) atoms. The van der Waals surface area contributed by atoms with Crippen LogP contribution in [0.1, 0.15) is 11.0 Å². The van der Waals surface area contributed by atoms with Crippen LogP contribution in [0, 0.1) is 0 Å². The molecule has 2 aliphatic rings. The average molecular weight is 178 g/mol. The number of hydrogen-bond donors (Lipinski definition) is 0. The minimum Gasteiger partial charge on any atom is -0.776 e. The molecule has 6 heteroatoms. The molecule has 0 unspecified atom stereocenters. The Kier molecular flexibility index (Phi) is 0.891. The van der Waals surface area contributed by atoms with E-state index in [1.165, 1.54) is 0 Å². The van der Waals surface area contributed by atoms with Gasteiger partial charge in [0.25, 0.3) is 0 Å². The molecule has 2 rings (SSSR count). The summed E-state index contributed by atoms with van der Waals surface area (Å²) in [7, 11) is -5.18. The molecule has 0 atom stereocenters. The summed E-state index contributed by atoms with van der Waals surface area (Å²) in [6, 6.07) is 0. The van der Waals surface area contributed by atoms with Gasteiger partial charge in [0.15, 0.2) is 0 Å². The molecule has 0 aromatic carbocycles. The zero-order valence-electron chi connectivity index (χ0n) is 13.2. The van der Waals surface area contributed by atoms with Gasteiger partial charge in [-0.15, -0.1) is 0 Å². The predicted molar refractivity (Wildman–Crippen MR) is 30.8 cm³/mol. The molecule has 52 valence electrons. The van der Waals surface area contributed by atoms with Crippen molar-refractivity contribution < 1.29 is 50.0 Å². The van der Waals surface area contributed by atoms with Crippen LogP contribution in [0.2, 0.25) is 0 Å². The summed E-state index contributed by atoms with van der Waals surface area (Å²) < 4.78 is 68.4. The van der Waals surface area contributed by atoms with Crippen molar-refractivity contribution in [3.8, 4) is 0 Å². The Hall–Kier alpha value is 1.11. The molecule has 0 radical (unpaired) electrons. The predicted octanol–water partition coefficient (Wildman–Crippen LogP) is -3.91. The molecule has 2 fully saturated rings. The molecule has 0 aromatic rings. The summed E-state index contributed by atoms with van der Waals surface area (Å²) in [6.07, 6.45) is 0. The molecule has 2 heterocycles. The zero-order valence-corrected chi connectivity index (χ0v) is 8.05. The molecule has 0 N–H and O–H groups in total. The molecule has 4 nitrogen and oxygen atoms in total. The molecule has 0 aliphatic carbocycles. The average Bonchev–Trinajstić information content (AvgIpc) is 2.56. The molecule has 2 aliphatic heterocycles. The third kappa shape index (κ3) is 1.64. The van der Waals surface area contributed by atoms with E-state index in [0.717, 1.165) is 0 Å². The fourth-order valence-corrected chi connectivity index (χ4v) is 1.16. The van der Waals surface area contributed by atoms with Gasteiger partial charge in [-0.2, -0.15) is 0 Å². The summed E-state index contributed by atoms with van der Waals surface area (Å²) in [5.74, 6) is 0. The first-order valence-corrected chi connectivity index (χ1v) is 3.69. The molecule has 0 amide bonds. The van der Waals surface area contributed by atoms with Crippen molar-refractivity contribution in [3.05, 3.63) is 0 Å². The summed E-state index contributed by atoms with van der Waals surface area (Å²) in [5.41, 5.74) is 0. The van der Waals surface area contributed by atoms with Crippen LogP contribution in [-0.4, -0.2) is 35.3 Å². The van der Waals surface area contributed by atoms with Crippen molar-refractivity contribution in [2.45, 2.75) is 0 Å². The zero-order chi connectivity index (χ0) is 13.7. The van der Waals surface area contributed by atoms with Crippen molar-refractivity contribution >= 4 is 7.67 Å². The van der Waals surface area contributed by atoms with Crippen molar-refractivity contribution in [1.82, 2.24) is 9.34 Å². The van der Waals surface area contributed by atoms with Gasteiger partial charge in [-0.05, 0) is 0 Å². The third-order valence-electron chi connectivity index (χ3n) is 0.929. The fraction of sp³-hybridized carbons (Fsp3) is 1.00. The molecule has 0 saturated carbocycles. The van der Waals surface area contributed by atoms with Gasteiger partial charge in [-0.1, -0.05) is 0 Å². The van der Waals surface area contributed by atoms with E-state index >= 15 is 0 Å². The van der Waals surface area contributed by atoms with E-state index in [1.54, 1.807) is 0 Å². The third-order valence-corrected chi connectivity index (χ3v) is 2.34. The van der Waals surface area contributed by atoms with Gasteiger partial charge < -0.3 is 9.46 Å². The summed E-state index contributed by atoms with van der Waals surface area (Å²) in [4.78, 5) is 11.7. The van der Waals surface area contributed by atoms with Crippen LogP contribution in [0.25, 0.3) is 0 Å². The van der Waals surface area contributed by atoms with Crippen molar-refractivity contribution in [1.29, 1.82) is 0 Å². The standard InChI is InChI=1S/C4H9N2O2P.Na/c7-9(8,5-1-2-5)6-3-4-6;/h1-4H2,(H,7,8);/q;+1/p-1/i1D2,2D2,3D2,4D2;. The van der Waals surface area contributed by atoms with Crippen LogP contribution in [0.5, 0.6) is 0 Å². The van der Waals surface area contributed by atoms with Crippen LogP contribution in [-0.2, 0) is 4.57 Å². The quantitative estimate of drug-likeness (QED) is 0.246. The van der Waals surface area contributed by atoms with Crippen molar-refractivity contribution in [2.24, 2.45) is 0 Å². The van der Waals surface area contributed by atoms with Crippen molar-refractivity contribution in [2.75, 3.05) is 26.0 Å². The minimum absolute atomic E-state index is 0. The smallest absolute Gasteiger partial charge is 0.776 e. The van der Waals surface area contributed by atoms with Gasteiger partial charge in [-0.3, -0.25) is 0 Å². The Bertz CT molecular complexity index is 379. The van der Waals surface area contributed by atoms with E-state index in [2.05, 4.69) is 0 Å². The van der Waals surface area contributed by atoms with Gasteiger partial charge in [0.2, 0.25) is 0 Å². The Morgan fingerprint density at radius 1 is 1.30 bits per heavy atom. The summed E-state index contributed by atoms with van der Waals surface area (Å²) in [6.45, 7) is -11.1. The first-order chi connectivity index (χ1) is 7.23. The van der Waals surface area contributed by atoms with Gasteiger partial charge in [0.1, 0.15) is 7.67 Å².